The third-order valence-electron chi connectivity index (χ3n) is 2.63. The molecule has 1 atom stereocenters. The van der Waals surface area contributed by atoms with Crippen LogP contribution >= 0.6 is 11.6 Å². The maximum Gasteiger partial charge on any atom is 0.313 e. The molecule has 0 radical (unpaired) electrons. The minimum absolute atomic E-state index is 0.0338. The van der Waals surface area contributed by atoms with Gasteiger partial charge in [0.25, 0.3) is 0 Å². The largest absolute Gasteiger partial charge is 0.430 e. The lowest BCUT2D eigenvalue weighted by molar-refractivity contribution is -0.385. The van der Waals surface area contributed by atoms with Crippen LogP contribution in [0.25, 0.3) is 0 Å². The molecule has 0 aliphatic heterocycles. The number of ether oxygens (including phenoxy) is 1. The molecule has 2 N–H and O–H groups in total. The molecule has 0 spiro atoms. The summed E-state index contributed by atoms with van der Waals surface area (Å²) in [6, 6.07) is 7.49. The van der Waals surface area contributed by atoms with Crippen molar-refractivity contribution in [3.05, 3.63) is 57.2 Å². The zero-order valence-electron chi connectivity index (χ0n) is 10.6. The van der Waals surface area contributed by atoms with E-state index < -0.39 is 4.92 Å². The summed E-state index contributed by atoms with van der Waals surface area (Å²) in [5.41, 5.74) is 6.36. The quantitative estimate of drug-likeness (QED) is 0.688. The Morgan fingerprint density at radius 2 is 2.20 bits per heavy atom. The summed E-state index contributed by atoms with van der Waals surface area (Å²) in [5.74, 6) is 0.171. The molecule has 6 nitrogen and oxygen atoms in total. The van der Waals surface area contributed by atoms with Crippen LogP contribution in [0, 0.1) is 10.1 Å². The van der Waals surface area contributed by atoms with Gasteiger partial charge in [0, 0.05) is 24.4 Å². The first-order valence-electron chi connectivity index (χ1n) is 5.81. The number of hydrogen-bond donors (Lipinski definition) is 1. The summed E-state index contributed by atoms with van der Waals surface area (Å²) in [6.07, 6.45) is 1.52. The molecule has 0 aliphatic carbocycles. The third kappa shape index (κ3) is 3.04. The molecule has 104 valence electrons. The van der Waals surface area contributed by atoms with Crippen molar-refractivity contribution in [1.82, 2.24) is 4.98 Å². The first-order chi connectivity index (χ1) is 9.49. The van der Waals surface area contributed by atoms with Crippen LogP contribution in [0.5, 0.6) is 11.6 Å². The van der Waals surface area contributed by atoms with Crippen LogP contribution in [-0.4, -0.2) is 9.91 Å². The second kappa shape index (κ2) is 5.85. The van der Waals surface area contributed by atoms with Crippen molar-refractivity contribution in [2.75, 3.05) is 0 Å². The van der Waals surface area contributed by atoms with Gasteiger partial charge in [0.15, 0.2) is 0 Å². The minimum atomic E-state index is -0.559. The fraction of sp³-hybridized carbons (Fsp3) is 0.154. The first-order valence-corrected chi connectivity index (χ1v) is 6.19. The molecule has 1 aromatic heterocycles. The third-order valence-corrected chi connectivity index (χ3v) is 2.93. The first kappa shape index (κ1) is 14.2. The molecular weight excluding hydrogens is 282 g/mol. The number of nitro groups is 1. The SMILES string of the molecule is C[C@@H](N)c1ccnc(Oc2c(Cl)cccc2[N+](=O)[O-])c1. The van der Waals surface area contributed by atoms with Gasteiger partial charge in [0.05, 0.1) is 9.95 Å². The number of nitrogens with two attached hydrogens (primary N) is 1. The Kier molecular flexibility index (Phi) is 4.16. The van der Waals surface area contributed by atoms with Gasteiger partial charge >= 0.3 is 5.69 Å². The maximum atomic E-state index is 11.0. The van der Waals surface area contributed by atoms with E-state index in [1.165, 1.54) is 24.4 Å². The zero-order valence-corrected chi connectivity index (χ0v) is 11.4. The number of halogens is 1. The van der Waals surface area contributed by atoms with Crippen LogP contribution in [0.2, 0.25) is 5.02 Å². The number of nitrogens with zero attached hydrogens (tertiary/aromatic N) is 2. The molecule has 7 heteroatoms. The summed E-state index contributed by atoms with van der Waals surface area (Å²) in [5, 5.41) is 11.1. The number of para-hydroxylation sites is 1. The molecule has 2 aromatic rings. The minimum Gasteiger partial charge on any atom is -0.430 e. The lowest BCUT2D eigenvalue weighted by Crippen LogP contribution is -2.05. The van der Waals surface area contributed by atoms with Gasteiger partial charge in [-0.05, 0) is 24.6 Å². The van der Waals surface area contributed by atoms with Crippen LogP contribution in [0.4, 0.5) is 5.69 Å². The summed E-state index contributed by atoms with van der Waals surface area (Å²) in [6.45, 7) is 1.82. The molecule has 0 fully saturated rings. The lowest BCUT2D eigenvalue weighted by atomic mass is 10.1. The highest BCUT2D eigenvalue weighted by atomic mass is 35.5. The summed E-state index contributed by atoms with van der Waals surface area (Å²) < 4.78 is 5.45. The Morgan fingerprint density at radius 1 is 1.45 bits per heavy atom. The highest BCUT2D eigenvalue weighted by molar-refractivity contribution is 6.32. The van der Waals surface area contributed by atoms with Crippen LogP contribution in [0.3, 0.4) is 0 Å². The van der Waals surface area contributed by atoms with E-state index in [1.54, 1.807) is 12.1 Å². The number of hydrogen-bond acceptors (Lipinski definition) is 5. The smallest absolute Gasteiger partial charge is 0.313 e. The van der Waals surface area contributed by atoms with Crippen molar-refractivity contribution in [2.24, 2.45) is 5.73 Å². The predicted molar refractivity (Wildman–Crippen MR) is 75.0 cm³/mol. The van der Waals surface area contributed by atoms with E-state index in [9.17, 15) is 10.1 Å². The van der Waals surface area contributed by atoms with Crippen molar-refractivity contribution in [3.63, 3.8) is 0 Å². The van der Waals surface area contributed by atoms with Crippen LogP contribution in [0.1, 0.15) is 18.5 Å². The Hall–Kier alpha value is -2.18. The second-order valence-electron chi connectivity index (χ2n) is 4.16. The van der Waals surface area contributed by atoms with Crippen LogP contribution in [0.15, 0.2) is 36.5 Å². The number of pyridine rings is 1. The fourth-order valence-electron chi connectivity index (χ4n) is 1.61. The molecule has 2 rings (SSSR count). The Balaban J connectivity index is 2.40. The van der Waals surface area contributed by atoms with Crippen molar-refractivity contribution in [3.8, 4) is 11.6 Å². The molecule has 0 bridgehead atoms. The number of aromatic nitrogens is 1. The van der Waals surface area contributed by atoms with Gasteiger partial charge in [0.2, 0.25) is 11.6 Å². The van der Waals surface area contributed by atoms with Crippen molar-refractivity contribution in [2.45, 2.75) is 13.0 Å². The van der Waals surface area contributed by atoms with Gasteiger partial charge in [-0.15, -0.1) is 0 Å². The number of benzene rings is 1. The second-order valence-corrected chi connectivity index (χ2v) is 4.57. The highest BCUT2D eigenvalue weighted by Gasteiger charge is 2.19. The predicted octanol–water partition coefficient (Wildman–Crippen LogP) is 3.46. The summed E-state index contributed by atoms with van der Waals surface area (Å²) in [4.78, 5) is 14.4. The number of nitro benzene ring substituents is 1. The molecule has 0 saturated heterocycles. The summed E-state index contributed by atoms with van der Waals surface area (Å²) in [7, 11) is 0. The molecular formula is C13H12ClN3O3. The van der Waals surface area contributed by atoms with Gasteiger partial charge in [-0.3, -0.25) is 10.1 Å². The van der Waals surface area contributed by atoms with E-state index in [1.807, 2.05) is 6.92 Å². The van der Waals surface area contributed by atoms with Crippen molar-refractivity contribution >= 4 is 17.3 Å². The van der Waals surface area contributed by atoms with Crippen molar-refractivity contribution in [1.29, 1.82) is 0 Å². The van der Waals surface area contributed by atoms with Gasteiger partial charge in [-0.1, -0.05) is 17.7 Å². The highest BCUT2D eigenvalue weighted by Crippen LogP contribution is 2.37. The molecule has 0 aliphatic rings. The molecule has 0 unspecified atom stereocenters. The Bertz CT molecular complexity index is 647. The van der Waals surface area contributed by atoms with Gasteiger partial charge < -0.3 is 10.5 Å². The van der Waals surface area contributed by atoms with Crippen molar-refractivity contribution < 1.29 is 9.66 Å². The Morgan fingerprint density at radius 3 is 2.85 bits per heavy atom. The average Bonchev–Trinajstić information content (AvgIpc) is 2.41. The van der Waals surface area contributed by atoms with Crippen LogP contribution in [-0.2, 0) is 0 Å². The van der Waals surface area contributed by atoms with Gasteiger partial charge in [-0.2, -0.15) is 0 Å². The summed E-state index contributed by atoms with van der Waals surface area (Å²) >= 11 is 5.94. The van der Waals surface area contributed by atoms with E-state index in [-0.39, 0.29) is 28.4 Å². The lowest BCUT2D eigenvalue weighted by Gasteiger charge is -2.09. The average molecular weight is 294 g/mol. The molecule has 0 saturated carbocycles. The van der Waals surface area contributed by atoms with E-state index >= 15 is 0 Å². The van der Waals surface area contributed by atoms with Crippen LogP contribution < -0.4 is 10.5 Å². The van der Waals surface area contributed by atoms with E-state index in [0.717, 1.165) is 5.56 Å². The Labute approximate surface area is 120 Å². The van der Waals surface area contributed by atoms with Gasteiger partial charge in [-0.25, -0.2) is 4.98 Å². The monoisotopic (exact) mass is 293 g/mol. The normalized spacial score (nSPS) is 11.9. The topological polar surface area (TPSA) is 91.3 Å². The maximum absolute atomic E-state index is 11.0. The zero-order chi connectivity index (χ0) is 14.7. The van der Waals surface area contributed by atoms with E-state index in [2.05, 4.69) is 4.98 Å². The fourth-order valence-corrected chi connectivity index (χ4v) is 1.82. The molecule has 0 amide bonds. The number of rotatable bonds is 4. The standard InChI is InChI=1S/C13H12ClN3O3/c1-8(15)9-5-6-16-12(7-9)20-13-10(14)3-2-4-11(13)17(18)19/h2-8H,15H2,1H3/t8-/m1/s1. The van der Waals surface area contributed by atoms with E-state index in [4.69, 9.17) is 22.1 Å². The molecule has 1 aromatic carbocycles. The molecule has 20 heavy (non-hydrogen) atoms. The van der Waals surface area contributed by atoms with Gasteiger partial charge in [0.1, 0.15) is 0 Å². The van der Waals surface area contributed by atoms with E-state index in [0.29, 0.717) is 0 Å². The molecule has 1 heterocycles.